The maximum absolute atomic E-state index is 13.9. The monoisotopic (exact) mass is 430 g/mol. The number of nitrogens with zero attached hydrogens (tertiary/aromatic N) is 3. The van der Waals surface area contributed by atoms with Crippen molar-refractivity contribution in [3.8, 4) is 11.3 Å². The summed E-state index contributed by atoms with van der Waals surface area (Å²) in [5.74, 6) is -1.86. The highest BCUT2D eigenvalue weighted by atomic mass is 32.2. The molecule has 30 heavy (non-hydrogen) atoms. The number of rotatable bonds is 4. The first-order chi connectivity index (χ1) is 14.1. The van der Waals surface area contributed by atoms with E-state index < -0.39 is 21.5 Å². The lowest BCUT2D eigenvalue weighted by atomic mass is 10.1. The summed E-state index contributed by atoms with van der Waals surface area (Å²) in [4.78, 5) is 8.54. The number of aromatic nitrogens is 4. The third-order valence-electron chi connectivity index (χ3n) is 4.44. The minimum Gasteiger partial charge on any atom is -0.383 e. The van der Waals surface area contributed by atoms with Crippen LogP contribution in [0.3, 0.4) is 0 Å². The summed E-state index contributed by atoms with van der Waals surface area (Å²) < 4.78 is 51.0. The number of hydrogen-bond donors (Lipinski definition) is 3. The molecule has 154 valence electrons. The van der Waals surface area contributed by atoms with Crippen LogP contribution >= 0.6 is 0 Å². The van der Waals surface area contributed by atoms with Crippen LogP contribution in [0, 0.1) is 18.6 Å². The first kappa shape index (κ1) is 19.7. The van der Waals surface area contributed by atoms with E-state index in [-0.39, 0.29) is 22.2 Å². The molecule has 0 amide bonds. The van der Waals surface area contributed by atoms with E-state index in [2.05, 4.69) is 25.5 Å². The highest BCUT2D eigenvalue weighted by molar-refractivity contribution is 7.90. The van der Waals surface area contributed by atoms with Crippen molar-refractivity contribution in [3.05, 3.63) is 53.7 Å². The number of hydrogen-bond acceptors (Lipinski definition) is 7. The van der Waals surface area contributed by atoms with Crippen molar-refractivity contribution in [1.82, 2.24) is 20.2 Å². The van der Waals surface area contributed by atoms with Crippen LogP contribution in [0.1, 0.15) is 5.56 Å². The second-order valence-corrected chi connectivity index (χ2v) is 8.80. The minimum atomic E-state index is -3.39. The van der Waals surface area contributed by atoms with E-state index in [0.29, 0.717) is 22.3 Å². The molecule has 0 aliphatic heterocycles. The van der Waals surface area contributed by atoms with Crippen LogP contribution < -0.4 is 11.1 Å². The lowest BCUT2D eigenvalue weighted by Crippen LogP contribution is -2.04. The number of aryl methyl sites for hydroxylation is 1. The predicted octanol–water partition coefficient (Wildman–Crippen LogP) is 3.34. The van der Waals surface area contributed by atoms with Crippen LogP contribution in [0.4, 0.5) is 26.2 Å². The van der Waals surface area contributed by atoms with E-state index in [0.717, 1.165) is 17.9 Å². The Labute approximate surface area is 170 Å². The Morgan fingerprint density at radius 1 is 1.17 bits per heavy atom. The topological polar surface area (TPSA) is 127 Å². The predicted molar refractivity (Wildman–Crippen MR) is 109 cm³/mol. The van der Waals surface area contributed by atoms with E-state index in [1.54, 1.807) is 19.1 Å². The number of benzene rings is 2. The number of aromatic amines is 1. The molecule has 0 unspecified atom stereocenters. The SMILES string of the molecule is Cc1cc(Nc2ncc(-c3[nH]nc4c(F)c(F)ccc34)c(N)n2)cc(S(C)(=O)=O)c1. The molecule has 0 aliphatic rings. The summed E-state index contributed by atoms with van der Waals surface area (Å²) in [6.07, 6.45) is 2.53. The second-order valence-electron chi connectivity index (χ2n) is 6.78. The van der Waals surface area contributed by atoms with Gasteiger partial charge in [0.1, 0.15) is 11.3 Å². The van der Waals surface area contributed by atoms with Crippen molar-refractivity contribution in [3.63, 3.8) is 0 Å². The maximum Gasteiger partial charge on any atom is 0.229 e. The molecule has 0 spiro atoms. The summed E-state index contributed by atoms with van der Waals surface area (Å²) in [6.45, 7) is 1.77. The van der Waals surface area contributed by atoms with Gasteiger partial charge < -0.3 is 11.1 Å². The van der Waals surface area contributed by atoms with Crippen LogP contribution in [0.25, 0.3) is 22.2 Å². The molecule has 8 nitrogen and oxygen atoms in total. The Kier molecular flexibility index (Phi) is 4.61. The van der Waals surface area contributed by atoms with Gasteiger partial charge in [-0.3, -0.25) is 5.10 Å². The standard InChI is InChI=1S/C19H16F2N6O2S/c1-9-5-10(7-11(6-9)30(2,28)29)24-19-23-8-13(18(22)25-19)16-12-3-4-14(20)15(21)17(12)27-26-16/h3-8H,1-2H3,(H,26,27)(H3,22,23,24,25). The van der Waals surface area contributed by atoms with Crippen molar-refractivity contribution in [2.75, 3.05) is 17.3 Å². The van der Waals surface area contributed by atoms with Gasteiger partial charge in [0.15, 0.2) is 21.5 Å². The largest absolute Gasteiger partial charge is 0.383 e. The zero-order valence-electron chi connectivity index (χ0n) is 15.9. The number of sulfone groups is 1. The first-order valence-corrected chi connectivity index (χ1v) is 10.6. The van der Waals surface area contributed by atoms with Gasteiger partial charge in [-0.2, -0.15) is 10.1 Å². The van der Waals surface area contributed by atoms with Gasteiger partial charge in [-0.15, -0.1) is 0 Å². The number of nitrogen functional groups attached to an aromatic ring is 1. The quantitative estimate of drug-likeness (QED) is 0.453. The summed E-state index contributed by atoms with van der Waals surface area (Å²) in [7, 11) is -3.39. The maximum atomic E-state index is 13.9. The molecule has 11 heteroatoms. The number of nitrogens with one attached hydrogen (secondary N) is 2. The lowest BCUT2D eigenvalue weighted by Gasteiger charge is -2.10. The van der Waals surface area contributed by atoms with Crippen molar-refractivity contribution in [1.29, 1.82) is 0 Å². The summed E-state index contributed by atoms with van der Waals surface area (Å²) in [5, 5.41) is 9.70. The van der Waals surface area contributed by atoms with Crippen molar-refractivity contribution in [2.24, 2.45) is 0 Å². The molecule has 0 aliphatic carbocycles. The molecule has 4 aromatic rings. The van der Waals surface area contributed by atoms with E-state index in [1.807, 2.05) is 0 Å². The highest BCUT2D eigenvalue weighted by Crippen LogP contribution is 2.31. The number of anilines is 3. The summed E-state index contributed by atoms with van der Waals surface area (Å²) in [6, 6.07) is 7.15. The van der Waals surface area contributed by atoms with Gasteiger partial charge in [-0.05, 0) is 42.8 Å². The average molecular weight is 430 g/mol. The van der Waals surface area contributed by atoms with Gasteiger partial charge >= 0.3 is 0 Å². The Balaban J connectivity index is 1.70. The van der Waals surface area contributed by atoms with Crippen LogP contribution in [0.5, 0.6) is 0 Å². The molecule has 0 bridgehead atoms. The Morgan fingerprint density at radius 3 is 2.63 bits per heavy atom. The molecule has 0 atom stereocenters. The molecule has 0 radical (unpaired) electrons. The third kappa shape index (κ3) is 3.54. The molecule has 2 aromatic heterocycles. The summed E-state index contributed by atoms with van der Waals surface area (Å²) >= 11 is 0. The zero-order valence-corrected chi connectivity index (χ0v) is 16.7. The fraction of sp³-hybridized carbons (Fsp3) is 0.105. The minimum absolute atomic E-state index is 0.0683. The lowest BCUT2D eigenvalue weighted by molar-refractivity contribution is 0.515. The first-order valence-electron chi connectivity index (χ1n) is 8.67. The van der Waals surface area contributed by atoms with Gasteiger partial charge in [0.2, 0.25) is 5.95 Å². The van der Waals surface area contributed by atoms with E-state index in [1.165, 1.54) is 18.3 Å². The van der Waals surface area contributed by atoms with E-state index in [9.17, 15) is 17.2 Å². The fourth-order valence-corrected chi connectivity index (χ4v) is 3.78. The Morgan fingerprint density at radius 2 is 1.93 bits per heavy atom. The molecule has 2 heterocycles. The van der Waals surface area contributed by atoms with Gasteiger partial charge in [0.05, 0.1) is 16.2 Å². The molecule has 4 N–H and O–H groups in total. The summed E-state index contributed by atoms with van der Waals surface area (Å²) in [5.41, 5.74) is 7.82. The van der Waals surface area contributed by atoms with Crippen molar-refractivity contribution in [2.45, 2.75) is 11.8 Å². The molecule has 4 rings (SSSR count). The normalized spacial score (nSPS) is 11.7. The van der Waals surface area contributed by atoms with Crippen LogP contribution in [0.2, 0.25) is 0 Å². The Hall–Kier alpha value is -3.60. The smallest absolute Gasteiger partial charge is 0.229 e. The van der Waals surface area contributed by atoms with Crippen LogP contribution in [-0.2, 0) is 9.84 Å². The number of fused-ring (bicyclic) bond motifs is 1. The molecular weight excluding hydrogens is 414 g/mol. The number of H-pyrrole nitrogens is 1. The molecule has 0 saturated heterocycles. The van der Waals surface area contributed by atoms with Crippen molar-refractivity contribution < 1.29 is 17.2 Å². The van der Waals surface area contributed by atoms with E-state index in [4.69, 9.17) is 5.73 Å². The van der Waals surface area contributed by atoms with Crippen LogP contribution in [0.15, 0.2) is 41.4 Å². The fourth-order valence-electron chi connectivity index (χ4n) is 3.04. The van der Waals surface area contributed by atoms with E-state index >= 15 is 0 Å². The van der Waals surface area contributed by atoms with Crippen LogP contribution in [-0.4, -0.2) is 34.8 Å². The molecule has 0 fully saturated rings. The highest BCUT2D eigenvalue weighted by Gasteiger charge is 2.17. The van der Waals surface area contributed by atoms with Gasteiger partial charge in [-0.1, -0.05) is 0 Å². The van der Waals surface area contributed by atoms with Gasteiger partial charge in [0, 0.05) is 23.5 Å². The third-order valence-corrected chi connectivity index (χ3v) is 5.53. The Bertz CT molecular complexity index is 1400. The molecule has 2 aromatic carbocycles. The number of halogens is 2. The molecule has 0 saturated carbocycles. The number of nitrogens with two attached hydrogens (primary N) is 1. The van der Waals surface area contributed by atoms with Gasteiger partial charge in [0.25, 0.3) is 0 Å². The molecular formula is C19H16F2N6O2S. The zero-order chi connectivity index (χ0) is 21.6. The van der Waals surface area contributed by atoms with Gasteiger partial charge in [-0.25, -0.2) is 22.2 Å². The average Bonchev–Trinajstić information content (AvgIpc) is 3.08. The second kappa shape index (κ2) is 7.02. The van der Waals surface area contributed by atoms with Crippen molar-refractivity contribution >= 4 is 38.2 Å².